The van der Waals surface area contributed by atoms with Crippen LogP contribution in [0.4, 0.5) is 20.2 Å². The lowest BCUT2D eigenvalue weighted by atomic mass is 10.0. The fraction of sp³-hybridized carbons (Fsp3) is 0.120. The molecule has 0 aliphatic carbocycles. The quantitative estimate of drug-likeness (QED) is 0.523. The van der Waals surface area contributed by atoms with Gasteiger partial charge in [0.25, 0.3) is 11.8 Å². The van der Waals surface area contributed by atoms with E-state index in [2.05, 4.69) is 5.32 Å². The van der Waals surface area contributed by atoms with E-state index in [-0.39, 0.29) is 17.0 Å². The molecule has 0 aromatic heterocycles. The molecule has 2 amide bonds. The maximum atomic E-state index is 13.4. The monoisotopic (exact) mass is 434 g/mol. The summed E-state index contributed by atoms with van der Waals surface area (Å²) >= 11 is 0. The summed E-state index contributed by atoms with van der Waals surface area (Å²) in [6, 6.07) is 17.4. The van der Waals surface area contributed by atoms with Crippen molar-refractivity contribution in [1.29, 1.82) is 0 Å². The zero-order valence-electron chi connectivity index (χ0n) is 17.3. The topological polar surface area (TPSA) is 58.6 Å². The third-order valence-corrected chi connectivity index (χ3v) is 4.90. The minimum Gasteiger partial charge on any atom is -0.494 e. The molecule has 0 unspecified atom stereocenters. The lowest BCUT2D eigenvalue weighted by molar-refractivity contribution is -0.120. The maximum Gasteiger partial charge on any atom is 0.282 e. The molecule has 0 saturated carbocycles. The van der Waals surface area contributed by atoms with Gasteiger partial charge in [0, 0.05) is 5.69 Å². The predicted octanol–water partition coefficient (Wildman–Crippen LogP) is 5.15. The summed E-state index contributed by atoms with van der Waals surface area (Å²) < 4.78 is 32.3. The van der Waals surface area contributed by atoms with Crippen LogP contribution in [-0.2, 0) is 9.59 Å². The molecule has 0 radical (unpaired) electrons. The van der Waals surface area contributed by atoms with E-state index < -0.39 is 23.4 Å². The van der Waals surface area contributed by atoms with E-state index in [1.54, 1.807) is 24.3 Å². The molecule has 0 bridgehead atoms. The number of carbonyl (C=O) groups excluding carboxylic acids is 2. The van der Waals surface area contributed by atoms with Gasteiger partial charge in [-0.25, -0.2) is 13.7 Å². The largest absolute Gasteiger partial charge is 0.494 e. The summed E-state index contributed by atoms with van der Waals surface area (Å²) in [4.78, 5) is 27.6. The second kappa shape index (κ2) is 9.01. The maximum absolute atomic E-state index is 13.4. The molecule has 5 nitrogen and oxygen atoms in total. The zero-order chi connectivity index (χ0) is 22.7. The van der Waals surface area contributed by atoms with Crippen LogP contribution in [0, 0.1) is 11.6 Å². The van der Waals surface area contributed by atoms with Gasteiger partial charge in [0.2, 0.25) is 0 Å². The average Bonchev–Trinajstić information content (AvgIpc) is 3.04. The molecule has 4 rings (SSSR count). The van der Waals surface area contributed by atoms with E-state index in [1.165, 1.54) is 48.5 Å². The number of hydrogen-bond acceptors (Lipinski definition) is 4. The first-order valence-corrected chi connectivity index (χ1v) is 10.1. The number of ether oxygens (including phenoxy) is 1. The minimum absolute atomic E-state index is 0.0492. The van der Waals surface area contributed by atoms with E-state index in [9.17, 15) is 18.4 Å². The molecule has 1 aliphatic rings. The van der Waals surface area contributed by atoms with Crippen molar-refractivity contribution in [2.24, 2.45) is 0 Å². The highest BCUT2D eigenvalue weighted by Crippen LogP contribution is 2.34. The number of anilines is 2. The summed E-state index contributed by atoms with van der Waals surface area (Å²) in [6.45, 7) is 2.56. The number of hydrogen-bond donors (Lipinski definition) is 1. The molecule has 0 spiro atoms. The van der Waals surface area contributed by atoms with Crippen LogP contribution >= 0.6 is 0 Å². The van der Waals surface area contributed by atoms with Crippen molar-refractivity contribution in [3.63, 3.8) is 0 Å². The van der Waals surface area contributed by atoms with Crippen LogP contribution in [0.1, 0.15) is 18.9 Å². The number of nitrogens with one attached hydrogen (secondary N) is 1. The van der Waals surface area contributed by atoms with Crippen molar-refractivity contribution in [3.8, 4) is 5.75 Å². The van der Waals surface area contributed by atoms with Gasteiger partial charge in [0.1, 0.15) is 23.1 Å². The van der Waals surface area contributed by atoms with Gasteiger partial charge in [-0.2, -0.15) is 0 Å². The van der Waals surface area contributed by atoms with E-state index in [1.807, 2.05) is 6.92 Å². The fourth-order valence-electron chi connectivity index (χ4n) is 3.35. The van der Waals surface area contributed by atoms with Crippen LogP contribution in [0.3, 0.4) is 0 Å². The summed E-state index contributed by atoms with van der Waals surface area (Å²) in [5, 5.41) is 2.95. The van der Waals surface area contributed by atoms with Gasteiger partial charge in [-0.1, -0.05) is 19.1 Å². The number of benzene rings is 3. The van der Waals surface area contributed by atoms with Crippen LogP contribution in [0.2, 0.25) is 0 Å². The average molecular weight is 434 g/mol. The van der Waals surface area contributed by atoms with Gasteiger partial charge in [0.15, 0.2) is 0 Å². The summed E-state index contributed by atoms with van der Waals surface area (Å²) in [7, 11) is 0. The van der Waals surface area contributed by atoms with Gasteiger partial charge in [-0.3, -0.25) is 9.59 Å². The number of carbonyl (C=O) groups is 2. The first kappa shape index (κ1) is 21.2. The molecule has 0 fully saturated rings. The molecule has 0 atom stereocenters. The lowest BCUT2D eigenvalue weighted by Crippen LogP contribution is -2.32. The molecular formula is C25H20F2N2O3. The Bertz CT molecular complexity index is 1170. The predicted molar refractivity (Wildman–Crippen MR) is 118 cm³/mol. The Labute approximate surface area is 183 Å². The van der Waals surface area contributed by atoms with E-state index in [4.69, 9.17) is 4.74 Å². The molecule has 3 aromatic rings. The van der Waals surface area contributed by atoms with Crippen molar-refractivity contribution in [1.82, 2.24) is 0 Å². The van der Waals surface area contributed by atoms with Crippen LogP contribution in [0.15, 0.2) is 78.5 Å². The molecule has 0 saturated heterocycles. The summed E-state index contributed by atoms with van der Waals surface area (Å²) in [6.07, 6.45) is 0.859. The highest BCUT2D eigenvalue weighted by atomic mass is 19.1. The van der Waals surface area contributed by atoms with E-state index in [0.717, 1.165) is 11.3 Å². The van der Waals surface area contributed by atoms with Gasteiger partial charge in [-0.05, 0) is 72.6 Å². The highest BCUT2D eigenvalue weighted by Gasteiger charge is 2.40. The van der Waals surface area contributed by atoms with Crippen LogP contribution in [0.25, 0.3) is 5.57 Å². The second-order valence-electron chi connectivity index (χ2n) is 7.18. The Morgan fingerprint density at radius 1 is 0.812 bits per heavy atom. The van der Waals surface area contributed by atoms with Crippen molar-refractivity contribution in [2.45, 2.75) is 13.3 Å². The van der Waals surface area contributed by atoms with E-state index >= 15 is 0 Å². The van der Waals surface area contributed by atoms with Crippen LogP contribution < -0.4 is 15.0 Å². The van der Waals surface area contributed by atoms with Gasteiger partial charge < -0.3 is 10.1 Å². The number of rotatable bonds is 7. The molecule has 3 aromatic carbocycles. The Morgan fingerprint density at radius 3 is 2.00 bits per heavy atom. The molecule has 1 N–H and O–H groups in total. The third kappa shape index (κ3) is 4.23. The number of nitrogens with zero attached hydrogens (tertiary/aromatic N) is 1. The SMILES string of the molecule is CCCOc1ccc(C2=C(Nc3ccc(F)cc3)C(=O)N(c3ccc(F)cc3)C2=O)cc1. The van der Waals surface area contributed by atoms with Gasteiger partial charge in [-0.15, -0.1) is 0 Å². The number of halogens is 2. The van der Waals surface area contributed by atoms with Crippen LogP contribution in [0.5, 0.6) is 5.75 Å². The Hall–Kier alpha value is -4.00. The van der Waals surface area contributed by atoms with Crippen molar-refractivity contribution < 1.29 is 23.1 Å². The summed E-state index contributed by atoms with van der Waals surface area (Å²) in [5.74, 6) is -1.39. The Morgan fingerprint density at radius 2 is 1.41 bits per heavy atom. The fourth-order valence-corrected chi connectivity index (χ4v) is 3.35. The molecule has 1 aliphatic heterocycles. The minimum atomic E-state index is -0.591. The van der Waals surface area contributed by atoms with Crippen molar-refractivity contribution in [3.05, 3.63) is 95.7 Å². The molecule has 162 valence electrons. The number of imide groups is 1. The van der Waals surface area contributed by atoms with Crippen molar-refractivity contribution in [2.75, 3.05) is 16.8 Å². The zero-order valence-corrected chi connectivity index (χ0v) is 17.3. The molecular weight excluding hydrogens is 414 g/mol. The first-order chi connectivity index (χ1) is 15.5. The Kier molecular flexibility index (Phi) is 5.98. The Balaban J connectivity index is 1.75. The molecule has 7 heteroatoms. The molecule has 32 heavy (non-hydrogen) atoms. The third-order valence-electron chi connectivity index (χ3n) is 4.90. The highest BCUT2D eigenvalue weighted by molar-refractivity contribution is 6.46. The molecule has 1 heterocycles. The van der Waals surface area contributed by atoms with Crippen LogP contribution in [-0.4, -0.2) is 18.4 Å². The van der Waals surface area contributed by atoms with Gasteiger partial charge >= 0.3 is 0 Å². The number of amides is 2. The summed E-state index contributed by atoms with van der Waals surface area (Å²) in [5.41, 5.74) is 1.42. The van der Waals surface area contributed by atoms with Gasteiger partial charge in [0.05, 0.1) is 17.9 Å². The standard InChI is InChI=1S/C25H20F2N2O3/c1-2-15-32-21-13-3-16(4-14-21)22-23(28-19-9-5-17(26)6-10-19)25(31)29(24(22)30)20-11-7-18(27)8-12-20/h3-14,28H,2,15H2,1H3. The smallest absolute Gasteiger partial charge is 0.282 e. The second-order valence-corrected chi connectivity index (χ2v) is 7.18. The lowest BCUT2D eigenvalue weighted by Gasteiger charge is -2.15. The van der Waals surface area contributed by atoms with E-state index in [0.29, 0.717) is 23.6 Å². The normalized spacial score (nSPS) is 13.7. The van der Waals surface area contributed by atoms with Crippen molar-refractivity contribution >= 4 is 28.8 Å². The first-order valence-electron chi connectivity index (χ1n) is 10.1.